The molecule has 2 fully saturated rings. The molecule has 1 unspecified atom stereocenters. The van der Waals surface area contributed by atoms with E-state index in [1.807, 2.05) is 12.1 Å². The third-order valence-corrected chi connectivity index (χ3v) is 4.93. The van der Waals surface area contributed by atoms with Gasteiger partial charge in [-0.3, -0.25) is 0 Å². The third-order valence-electron chi connectivity index (χ3n) is 4.59. The minimum Gasteiger partial charge on any atom is -0.358 e. The summed E-state index contributed by atoms with van der Waals surface area (Å²) in [5, 5.41) is 4.25. The molecule has 1 aliphatic heterocycles. The van der Waals surface area contributed by atoms with E-state index in [0.717, 1.165) is 29.6 Å². The SMILES string of the molecule is CN(CC1CCCN1C)c1ccc(Cl)c(CNC2CC2)n1. The molecule has 0 radical (unpaired) electrons. The van der Waals surface area contributed by atoms with Gasteiger partial charge in [0.05, 0.1) is 10.7 Å². The second-order valence-electron chi connectivity index (χ2n) is 6.41. The molecule has 1 N–H and O–H groups in total. The first-order valence-corrected chi connectivity index (χ1v) is 8.31. The van der Waals surface area contributed by atoms with Crippen LogP contribution in [0.25, 0.3) is 0 Å². The van der Waals surface area contributed by atoms with E-state index in [0.29, 0.717) is 12.1 Å². The van der Waals surface area contributed by atoms with Gasteiger partial charge in [0.25, 0.3) is 0 Å². The number of nitrogens with zero attached hydrogens (tertiary/aromatic N) is 3. The molecule has 3 rings (SSSR count). The van der Waals surface area contributed by atoms with Gasteiger partial charge in [-0.15, -0.1) is 0 Å². The third kappa shape index (κ3) is 3.87. The van der Waals surface area contributed by atoms with E-state index in [-0.39, 0.29) is 0 Å². The maximum absolute atomic E-state index is 6.27. The molecule has 0 bridgehead atoms. The van der Waals surface area contributed by atoms with Crippen LogP contribution in [-0.2, 0) is 6.54 Å². The number of likely N-dealkylation sites (N-methyl/N-ethyl adjacent to an activating group) is 2. The summed E-state index contributed by atoms with van der Waals surface area (Å²) in [6, 6.07) is 5.32. The number of aromatic nitrogens is 1. The lowest BCUT2D eigenvalue weighted by Gasteiger charge is -2.27. The molecular formula is C16H25ClN4. The summed E-state index contributed by atoms with van der Waals surface area (Å²) in [5.74, 6) is 1.02. The van der Waals surface area contributed by atoms with Crippen LogP contribution in [0, 0.1) is 0 Å². The molecule has 2 aliphatic rings. The minimum absolute atomic E-state index is 0.639. The van der Waals surface area contributed by atoms with Gasteiger partial charge in [0.2, 0.25) is 0 Å². The van der Waals surface area contributed by atoms with Gasteiger partial charge in [-0.25, -0.2) is 4.98 Å². The number of halogens is 1. The van der Waals surface area contributed by atoms with Crippen LogP contribution < -0.4 is 10.2 Å². The van der Waals surface area contributed by atoms with Crippen LogP contribution in [0.2, 0.25) is 5.02 Å². The molecule has 2 heterocycles. The molecule has 0 amide bonds. The summed E-state index contributed by atoms with van der Waals surface area (Å²) >= 11 is 6.27. The van der Waals surface area contributed by atoms with Gasteiger partial charge < -0.3 is 15.1 Å². The van der Waals surface area contributed by atoms with Gasteiger partial charge in [0.1, 0.15) is 5.82 Å². The molecule has 5 heteroatoms. The number of hydrogen-bond acceptors (Lipinski definition) is 4. The molecule has 1 aromatic rings. The van der Waals surface area contributed by atoms with E-state index in [2.05, 4.69) is 29.2 Å². The summed E-state index contributed by atoms with van der Waals surface area (Å²) in [6.45, 7) is 3.01. The van der Waals surface area contributed by atoms with Gasteiger partial charge in [0.15, 0.2) is 0 Å². The molecule has 1 atom stereocenters. The molecule has 21 heavy (non-hydrogen) atoms. The fraction of sp³-hybridized carbons (Fsp3) is 0.688. The maximum Gasteiger partial charge on any atom is 0.128 e. The van der Waals surface area contributed by atoms with Crippen molar-refractivity contribution in [3.05, 3.63) is 22.8 Å². The van der Waals surface area contributed by atoms with Gasteiger partial charge in [-0.2, -0.15) is 0 Å². The first kappa shape index (κ1) is 15.1. The average Bonchev–Trinajstić information content (AvgIpc) is 3.22. The zero-order valence-electron chi connectivity index (χ0n) is 13.0. The van der Waals surface area contributed by atoms with Crippen molar-refractivity contribution in [3.8, 4) is 0 Å². The van der Waals surface area contributed by atoms with Crippen LogP contribution in [0.1, 0.15) is 31.4 Å². The number of anilines is 1. The molecule has 116 valence electrons. The molecule has 1 saturated heterocycles. The Balaban J connectivity index is 1.64. The predicted molar refractivity (Wildman–Crippen MR) is 88.0 cm³/mol. The predicted octanol–water partition coefficient (Wildman–Crippen LogP) is 2.52. The summed E-state index contributed by atoms with van der Waals surface area (Å²) in [6.07, 6.45) is 5.15. The lowest BCUT2D eigenvalue weighted by Crippen LogP contribution is -2.37. The van der Waals surface area contributed by atoms with Gasteiger partial charge in [-0.1, -0.05) is 11.6 Å². The highest BCUT2D eigenvalue weighted by molar-refractivity contribution is 6.31. The van der Waals surface area contributed by atoms with E-state index in [9.17, 15) is 0 Å². The van der Waals surface area contributed by atoms with Crippen molar-refractivity contribution >= 4 is 17.4 Å². The van der Waals surface area contributed by atoms with Crippen LogP contribution in [-0.4, -0.2) is 49.2 Å². The summed E-state index contributed by atoms with van der Waals surface area (Å²) in [4.78, 5) is 9.45. The molecule has 1 aliphatic carbocycles. The van der Waals surface area contributed by atoms with Crippen molar-refractivity contribution in [1.82, 2.24) is 15.2 Å². The van der Waals surface area contributed by atoms with Crippen molar-refractivity contribution in [3.63, 3.8) is 0 Å². The van der Waals surface area contributed by atoms with E-state index in [1.54, 1.807) is 0 Å². The van der Waals surface area contributed by atoms with Crippen LogP contribution in [0.3, 0.4) is 0 Å². The number of rotatable bonds is 6. The molecular weight excluding hydrogens is 284 g/mol. The topological polar surface area (TPSA) is 31.4 Å². The highest BCUT2D eigenvalue weighted by Crippen LogP contribution is 2.23. The fourth-order valence-electron chi connectivity index (χ4n) is 2.96. The van der Waals surface area contributed by atoms with Gasteiger partial charge >= 0.3 is 0 Å². The average molecular weight is 309 g/mol. The zero-order chi connectivity index (χ0) is 14.8. The molecule has 1 aromatic heterocycles. The Labute approximate surface area is 132 Å². The highest BCUT2D eigenvalue weighted by atomic mass is 35.5. The Morgan fingerprint density at radius 1 is 1.38 bits per heavy atom. The quantitative estimate of drug-likeness (QED) is 0.875. The maximum atomic E-state index is 6.27. The van der Waals surface area contributed by atoms with E-state index < -0.39 is 0 Å². The first-order chi connectivity index (χ1) is 10.1. The molecule has 0 spiro atoms. The summed E-state index contributed by atoms with van der Waals surface area (Å²) in [5.41, 5.74) is 0.965. The normalized spacial score (nSPS) is 22.7. The summed E-state index contributed by atoms with van der Waals surface area (Å²) in [7, 11) is 4.34. The Morgan fingerprint density at radius 2 is 2.19 bits per heavy atom. The van der Waals surface area contributed by atoms with Crippen molar-refractivity contribution in [1.29, 1.82) is 0 Å². The van der Waals surface area contributed by atoms with Gasteiger partial charge in [-0.05, 0) is 51.4 Å². The largest absolute Gasteiger partial charge is 0.358 e. The smallest absolute Gasteiger partial charge is 0.128 e. The molecule has 1 saturated carbocycles. The van der Waals surface area contributed by atoms with Crippen molar-refractivity contribution in [2.75, 3.05) is 32.1 Å². The van der Waals surface area contributed by atoms with Crippen molar-refractivity contribution in [2.24, 2.45) is 0 Å². The Kier molecular flexibility index (Phi) is 4.67. The number of hydrogen-bond donors (Lipinski definition) is 1. The van der Waals surface area contributed by atoms with E-state index in [4.69, 9.17) is 16.6 Å². The lowest BCUT2D eigenvalue weighted by molar-refractivity contribution is 0.314. The van der Waals surface area contributed by atoms with Crippen molar-refractivity contribution in [2.45, 2.75) is 44.3 Å². The standard InChI is InChI=1S/C16H25ClN4/c1-20-9-3-4-13(20)11-21(2)16-8-7-14(17)15(19-16)10-18-12-5-6-12/h7-8,12-13,18H,3-6,9-11H2,1-2H3. The zero-order valence-corrected chi connectivity index (χ0v) is 13.7. The lowest BCUT2D eigenvalue weighted by atomic mass is 10.2. The monoisotopic (exact) mass is 308 g/mol. The Morgan fingerprint density at radius 3 is 2.86 bits per heavy atom. The second-order valence-corrected chi connectivity index (χ2v) is 6.82. The number of nitrogens with one attached hydrogen (secondary N) is 1. The fourth-order valence-corrected chi connectivity index (χ4v) is 3.13. The Bertz CT molecular complexity index is 489. The Hall–Kier alpha value is -0.840. The molecule has 0 aromatic carbocycles. The van der Waals surface area contributed by atoms with E-state index in [1.165, 1.54) is 32.2 Å². The first-order valence-electron chi connectivity index (χ1n) is 7.93. The van der Waals surface area contributed by atoms with E-state index >= 15 is 0 Å². The highest BCUT2D eigenvalue weighted by Gasteiger charge is 2.23. The van der Waals surface area contributed by atoms with Crippen molar-refractivity contribution < 1.29 is 0 Å². The van der Waals surface area contributed by atoms with Gasteiger partial charge in [0, 0.05) is 32.2 Å². The number of likely N-dealkylation sites (tertiary alicyclic amines) is 1. The van der Waals surface area contributed by atoms with Crippen LogP contribution >= 0.6 is 11.6 Å². The van der Waals surface area contributed by atoms with Crippen LogP contribution in [0.4, 0.5) is 5.82 Å². The molecule has 4 nitrogen and oxygen atoms in total. The summed E-state index contributed by atoms with van der Waals surface area (Å²) < 4.78 is 0. The van der Waals surface area contributed by atoms with Crippen LogP contribution in [0.5, 0.6) is 0 Å². The minimum atomic E-state index is 0.639. The second kappa shape index (κ2) is 6.51. The number of pyridine rings is 1. The van der Waals surface area contributed by atoms with Crippen LogP contribution in [0.15, 0.2) is 12.1 Å².